The zero-order chi connectivity index (χ0) is 13.7. The summed E-state index contributed by atoms with van der Waals surface area (Å²) in [5.41, 5.74) is 0.573. The summed E-state index contributed by atoms with van der Waals surface area (Å²) in [5, 5.41) is 8.83. The van der Waals surface area contributed by atoms with E-state index in [1.165, 1.54) is 6.07 Å². The molecular formula is C13H18ClF2NO2. The first-order chi connectivity index (χ1) is 8.45. The number of nitrogens with zero attached hydrogens (tertiary/aromatic N) is 1. The fourth-order valence-corrected chi connectivity index (χ4v) is 1.85. The van der Waals surface area contributed by atoms with Crippen molar-refractivity contribution in [2.75, 3.05) is 13.1 Å². The Morgan fingerprint density at radius 2 is 2.00 bits per heavy atom. The first kappa shape index (κ1) is 17.8. The molecule has 0 saturated heterocycles. The maximum absolute atomic E-state index is 13.1. The summed E-state index contributed by atoms with van der Waals surface area (Å²) in [6.45, 7) is 4.19. The number of halogens is 3. The van der Waals surface area contributed by atoms with E-state index in [1.54, 1.807) is 11.8 Å². The number of hydrogen-bond donors (Lipinski definition) is 1. The van der Waals surface area contributed by atoms with Gasteiger partial charge in [-0.1, -0.05) is 13.0 Å². The Hall–Kier alpha value is -1.20. The van der Waals surface area contributed by atoms with Gasteiger partial charge in [0.2, 0.25) is 0 Å². The van der Waals surface area contributed by atoms with Crippen LogP contribution in [0.2, 0.25) is 0 Å². The normalized spacial score (nSPS) is 12.1. The highest BCUT2D eigenvalue weighted by molar-refractivity contribution is 5.85. The molecule has 1 aromatic rings. The number of rotatable bonds is 6. The molecule has 0 aromatic heterocycles. The van der Waals surface area contributed by atoms with Crippen molar-refractivity contribution in [2.45, 2.75) is 26.3 Å². The minimum absolute atomic E-state index is 0. The van der Waals surface area contributed by atoms with Crippen LogP contribution in [0.15, 0.2) is 18.2 Å². The third kappa shape index (κ3) is 5.12. The van der Waals surface area contributed by atoms with Gasteiger partial charge in [-0.2, -0.15) is 0 Å². The number of carbonyl (C=O) groups is 1. The lowest BCUT2D eigenvalue weighted by Crippen LogP contribution is -2.33. The molecule has 0 aliphatic rings. The number of carboxylic acids is 1. The van der Waals surface area contributed by atoms with Crippen LogP contribution in [0.3, 0.4) is 0 Å². The molecule has 0 heterocycles. The minimum Gasteiger partial charge on any atom is -0.480 e. The first-order valence-corrected chi connectivity index (χ1v) is 5.86. The van der Waals surface area contributed by atoms with Crippen molar-refractivity contribution >= 4 is 18.4 Å². The second-order valence-electron chi connectivity index (χ2n) is 4.21. The van der Waals surface area contributed by atoms with Gasteiger partial charge in [0.05, 0.1) is 6.54 Å². The summed E-state index contributed by atoms with van der Waals surface area (Å²) in [7, 11) is 0. The Morgan fingerprint density at radius 1 is 1.37 bits per heavy atom. The predicted molar refractivity (Wildman–Crippen MR) is 71.5 cm³/mol. The highest BCUT2D eigenvalue weighted by Gasteiger charge is 2.18. The van der Waals surface area contributed by atoms with Gasteiger partial charge >= 0.3 is 5.97 Å². The molecule has 108 valence electrons. The Bertz CT molecular complexity index is 429. The van der Waals surface area contributed by atoms with Crippen molar-refractivity contribution in [3.8, 4) is 0 Å². The largest absolute Gasteiger partial charge is 0.480 e. The zero-order valence-electron chi connectivity index (χ0n) is 10.9. The van der Waals surface area contributed by atoms with Gasteiger partial charge in [0, 0.05) is 6.04 Å². The van der Waals surface area contributed by atoms with E-state index in [0.717, 1.165) is 18.6 Å². The quantitative estimate of drug-likeness (QED) is 0.875. The van der Waals surface area contributed by atoms with E-state index in [-0.39, 0.29) is 25.0 Å². The van der Waals surface area contributed by atoms with Crippen molar-refractivity contribution in [3.63, 3.8) is 0 Å². The van der Waals surface area contributed by atoms with Crippen LogP contribution in [0, 0.1) is 11.6 Å². The van der Waals surface area contributed by atoms with Gasteiger partial charge in [-0.3, -0.25) is 9.69 Å². The van der Waals surface area contributed by atoms with Crippen LogP contribution in [0.1, 0.15) is 31.9 Å². The zero-order valence-corrected chi connectivity index (χ0v) is 11.7. The van der Waals surface area contributed by atoms with E-state index in [4.69, 9.17) is 5.11 Å². The molecule has 6 heteroatoms. The van der Waals surface area contributed by atoms with E-state index >= 15 is 0 Å². The van der Waals surface area contributed by atoms with E-state index in [0.29, 0.717) is 12.1 Å². The van der Waals surface area contributed by atoms with Gasteiger partial charge in [0.1, 0.15) is 0 Å². The molecular weight excluding hydrogens is 276 g/mol. The fourth-order valence-electron chi connectivity index (χ4n) is 1.85. The lowest BCUT2D eigenvalue weighted by molar-refractivity contribution is -0.138. The summed E-state index contributed by atoms with van der Waals surface area (Å²) in [4.78, 5) is 12.5. The van der Waals surface area contributed by atoms with Crippen LogP contribution in [-0.4, -0.2) is 29.1 Å². The van der Waals surface area contributed by atoms with Crippen LogP contribution >= 0.6 is 12.4 Å². The third-order valence-corrected chi connectivity index (χ3v) is 2.82. The molecule has 0 radical (unpaired) electrons. The Morgan fingerprint density at radius 3 is 2.47 bits per heavy atom. The Kier molecular flexibility index (Phi) is 7.56. The number of benzene rings is 1. The average molecular weight is 294 g/mol. The van der Waals surface area contributed by atoms with Crippen LogP contribution in [0.25, 0.3) is 0 Å². The summed E-state index contributed by atoms with van der Waals surface area (Å²) in [6, 6.07) is 3.39. The fraction of sp³-hybridized carbons (Fsp3) is 0.462. The lowest BCUT2D eigenvalue weighted by atomic mass is 10.1. The van der Waals surface area contributed by atoms with E-state index in [9.17, 15) is 13.6 Å². The van der Waals surface area contributed by atoms with Gasteiger partial charge in [0.25, 0.3) is 0 Å². The molecule has 19 heavy (non-hydrogen) atoms. The highest BCUT2D eigenvalue weighted by Crippen LogP contribution is 2.22. The van der Waals surface area contributed by atoms with E-state index in [2.05, 4.69) is 0 Å². The molecule has 0 fully saturated rings. The van der Waals surface area contributed by atoms with Gasteiger partial charge in [-0.05, 0) is 37.6 Å². The summed E-state index contributed by atoms with van der Waals surface area (Å²) in [6.07, 6.45) is 0.793. The van der Waals surface area contributed by atoms with Crippen LogP contribution in [0.4, 0.5) is 8.78 Å². The first-order valence-electron chi connectivity index (χ1n) is 5.86. The maximum atomic E-state index is 13.1. The van der Waals surface area contributed by atoms with Crippen molar-refractivity contribution in [1.29, 1.82) is 0 Å². The Balaban J connectivity index is 0.00000324. The van der Waals surface area contributed by atoms with Crippen molar-refractivity contribution in [1.82, 2.24) is 4.90 Å². The molecule has 0 aliphatic heterocycles. The van der Waals surface area contributed by atoms with Crippen molar-refractivity contribution < 1.29 is 18.7 Å². The summed E-state index contributed by atoms with van der Waals surface area (Å²) < 4.78 is 26.0. The second-order valence-corrected chi connectivity index (χ2v) is 4.21. The lowest BCUT2D eigenvalue weighted by Gasteiger charge is -2.27. The molecule has 0 amide bonds. The number of aliphatic carboxylic acids is 1. The van der Waals surface area contributed by atoms with Crippen LogP contribution in [0.5, 0.6) is 0 Å². The molecule has 0 bridgehead atoms. The molecule has 1 unspecified atom stereocenters. The van der Waals surface area contributed by atoms with Gasteiger partial charge in [-0.25, -0.2) is 8.78 Å². The van der Waals surface area contributed by atoms with Gasteiger partial charge in [0.15, 0.2) is 11.6 Å². The van der Waals surface area contributed by atoms with Crippen molar-refractivity contribution in [3.05, 3.63) is 35.4 Å². The van der Waals surface area contributed by atoms with Crippen LogP contribution < -0.4 is 0 Å². The Labute approximate surface area is 117 Å². The van der Waals surface area contributed by atoms with Crippen molar-refractivity contribution in [2.24, 2.45) is 0 Å². The molecule has 1 aromatic carbocycles. The molecule has 0 saturated carbocycles. The topological polar surface area (TPSA) is 40.5 Å². The van der Waals surface area contributed by atoms with E-state index in [1.807, 2.05) is 6.92 Å². The molecule has 0 spiro atoms. The number of hydrogen-bond acceptors (Lipinski definition) is 2. The van der Waals surface area contributed by atoms with E-state index < -0.39 is 17.6 Å². The SMILES string of the molecule is CCCN(CC(=O)O)C(C)c1ccc(F)c(F)c1.Cl. The number of carboxylic acid groups (broad SMARTS) is 1. The predicted octanol–water partition coefficient (Wildman–Crippen LogP) is 3.24. The molecule has 1 N–H and O–H groups in total. The molecule has 1 atom stereocenters. The van der Waals surface area contributed by atoms with Gasteiger partial charge in [-0.15, -0.1) is 12.4 Å². The molecule has 1 rings (SSSR count). The van der Waals surface area contributed by atoms with Gasteiger partial charge < -0.3 is 5.11 Å². The maximum Gasteiger partial charge on any atom is 0.317 e. The minimum atomic E-state index is -0.933. The summed E-state index contributed by atoms with van der Waals surface area (Å²) in [5.74, 6) is -2.74. The molecule has 0 aliphatic carbocycles. The second kappa shape index (κ2) is 8.07. The third-order valence-electron chi connectivity index (χ3n) is 2.82. The highest BCUT2D eigenvalue weighted by atomic mass is 35.5. The van der Waals surface area contributed by atoms with Crippen LogP contribution in [-0.2, 0) is 4.79 Å². The monoisotopic (exact) mass is 293 g/mol. The smallest absolute Gasteiger partial charge is 0.317 e. The standard InChI is InChI=1S/C13H17F2NO2.ClH/c1-3-6-16(8-13(17)18)9(2)10-4-5-11(14)12(15)7-10;/h4-5,7,9H,3,6,8H2,1-2H3,(H,17,18);1H. The molecule has 3 nitrogen and oxygen atoms in total. The average Bonchev–Trinajstić information content (AvgIpc) is 2.31. The summed E-state index contributed by atoms with van der Waals surface area (Å²) >= 11 is 0.